The van der Waals surface area contributed by atoms with E-state index in [0.29, 0.717) is 24.6 Å². The molecule has 2 rings (SSSR count). The molecule has 0 radical (unpaired) electrons. The summed E-state index contributed by atoms with van der Waals surface area (Å²) >= 11 is 0. The number of ether oxygens (including phenoxy) is 1. The molecule has 0 saturated carbocycles. The van der Waals surface area contributed by atoms with Crippen molar-refractivity contribution in [2.45, 2.75) is 45.6 Å². The van der Waals surface area contributed by atoms with Crippen LogP contribution in [0.25, 0.3) is 0 Å². The van der Waals surface area contributed by atoms with Gasteiger partial charge >= 0.3 is 6.01 Å². The molecule has 6 nitrogen and oxygen atoms in total. The van der Waals surface area contributed by atoms with Crippen molar-refractivity contribution in [3.8, 4) is 6.01 Å². The van der Waals surface area contributed by atoms with Gasteiger partial charge in [-0.2, -0.15) is 15.0 Å². The summed E-state index contributed by atoms with van der Waals surface area (Å²) in [5.41, 5.74) is 5.71. The minimum Gasteiger partial charge on any atom is -0.464 e. The lowest BCUT2D eigenvalue weighted by molar-refractivity contribution is 0.312. The van der Waals surface area contributed by atoms with Gasteiger partial charge < -0.3 is 15.4 Å². The Morgan fingerprint density at radius 2 is 2.11 bits per heavy atom. The Hall–Kier alpha value is -1.59. The van der Waals surface area contributed by atoms with Gasteiger partial charge in [-0.15, -0.1) is 0 Å². The summed E-state index contributed by atoms with van der Waals surface area (Å²) < 4.78 is 5.32. The highest BCUT2D eigenvalue weighted by molar-refractivity contribution is 5.37. The standard InChI is InChI=1S/C12H21N5O/c1-3-18-12-15-10(13)14-11(16-12)17-8-6-4-5-7-9(17)2/h9H,3-8H2,1-2H3,(H2,13,14,15,16). The van der Waals surface area contributed by atoms with E-state index in [2.05, 4.69) is 26.8 Å². The van der Waals surface area contributed by atoms with E-state index in [4.69, 9.17) is 10.5 Å². The van der Waals surface area contributed by atoms with Gasteiger partial charge in [0.25, 0.3) is 0 Å². The van der Waals surface area contributed by atoms with Crippen LogP contribution in [0.1, 0.15) is 39.5 Å². The van der Waals surface area contributed by atoms with Gasteiger partial charge in [0.1, 0.15) is 0 Å². The molecular weight excluding hydrogens is 230 g/mol. The van der Waals surface area contributed by atoms with E-state index in [1.54, 1.807) is 0 Å². The number of hydrogen-bond acceptors (Lipinski definition) is 6. The van der Waals surface area contributed by atoms with E-state index in [1.165, 1.54) is 19.3 Å². The lowest BCUT2D eigenvalue weighted by Gasteiger charge is -2.27. The van der Waals surface area contributed by atoms with Crippen LogP contribution in [0.3, 0.4) is 0 Å². The minimum atomic E-state index is 0.222. The first-order valence-electron chi connectivity index (χ1n) is 6.61. The van der Waals surface area contributed by atoms with Crippen molar-refractivity contribution < 1.29 is 4.74 Å². The summed E-state index contributed by atoms with van der Waals surface area (Å²) in [5, 5.41) is 0. The molecule has 6 heteroatoms. The van der Waals surface area contributed by atoms with Gasteiger partial charge in [0.15, 0.2) is 0 Å². The molecule has 1 unspecified atom stereocenters. The average Bonchev–Trinajstić information content (AvgIpc) is 2.53. The van der Waals surface area contributed by atoms with Gasteiger partial charge in [0, 0.05) is 12.6 Å². The van der Waals surface area contributed by atoms with Crippen molar-refractivity contribution in [3.63, 3.8) is 0 Å². The van der Waals surface area contributed by atoms with Crippen LogP contribution in [0.2, 0.25) is 0 Å². The molecule has 18 heavy (non-hydrogen) atoms. The molecule has 1 aromatic rings. The first-order chi connectivity index (χ1) is 8.70. The summed E-state index contributed by atoms with van der Waals surface area (Å²) in [7, 11) is 0. The normalized spacial score (nSPS) is 20.6. The SMILES string of the molecule is CCOc1nc(N)nc(N2CCCCCC2C)n1. The number of hydrogen-bond donors (Lipinski definition) is 1. The van der Waals surface area contributed by atoms with Crippen LogP contribution in [-0.2, 0) is 0 Å². The van der Waals surface area contributed by atoms with E-state index < -0.39 is 0 Å². The second-order valence-electron chi connectivity index (χ2n) is 4.60. The fraction of sp³-hybridized carbons (Fsp3) is 0.750. The Morgan fingerprint density at radius 1 is 1.28 bits per heavy atom. The van der Waals surface area contributed by atoms with Gasteiger partial charge in [0.2, 0.25) is 11.9 Å². The largest absolute Gasteiger partial charge is 0.464 e. The molecule has 2 N–H and O–H groups in total. The molecule has 0 bridgehead atoms. The highest BCUT2D eigenvalue weighted by Gasteiger charge is 2.20. The van der Waals surface area contributed by atoms with Gasteiger partial charge in [-0.3, -0.25) is 0 Å². The number of nitrogens with two attached hydrogens (primary N) is 1. The predicted molar refractivity (Wildman–Crippen MR) is 70.7 cm³/mol. The number of nitrogen functional groups attached to an aromatic ring is 1. The van der Waals surface area contributed by atoms with Crippen LogP contribution in [0.15, 0.2) is 0 Å². The number of rotatable bonds is 3. The molecule has 0 aromatic carbocycles. The Kier molecular flexibility index (Phi) is 4.17. The molecule has 2 heterocycles. The zero-order valence-electron chi connectivity index (χ0n) is 11.1. The van der Waals surface area contributed by atoms with Crippen molar-refractivity contribution in [2.75, 3.05) is 23.8 Å². The fourth-order valence-electron chi connectivity index (χ4n) is 2.26. The summed E-state index contributed by atoms with van der Waals surface area (Å²) in [6, 6.07) is 0.750. The maximum atomic E-state index is 5.71. The van der Waals surface area contributed by atoms with Crippen LogP contribution in [0.4, 0.5) is 11.9 Å². The van der Waals surface area contributed by atoms with Crippen LogP contribution >= 0.6 is 0 Å². The average molecular weight is 251 g/mol. The molecule has 1 aromatic heterocycles. The molecule has 1 aliphatic rings. The van der Waals surface area contributed by atoms with Gasteiger partial charge in [-0.05, 0) is 26.7 Å². The third-order valence-electron chi connectivity index (χ3n) is 3.20. The minimum absolute atomic E-state index is 0.222. The zero-order chi connectivity index (χ0) is 13.0. The van der Waals surface area contributed by atoms with Crippen molar-refractivity contribution in [1.29, 1.82) is 0 Å². The van der Waals surface area contributed by atoms with E-state index in [-0.39, 0.29) is 5.95 Å². The van der Waals surface area contributed by atoms with Crippen molar-refractivity contribution in [3.05, 3.63) is 0 Å². The third kappa shape index (κ3) is 3.00. The fourth-order valence-corrected chi connectivity index (χ4v) is 2.26. The summed E-state index contributed by atoms with van der Waals surface area (Å²) in [5.74, 6) is 0.861. The molecular formula is C12H21N5O. The highest BCUT2D eigenvalue weighted by Crippen LogP contribution is 2.22. The van der Waals surface area contributed by atoms with E-state index in [1.807, 2.05) is 6.92 Å². The third-order valence-corrected chi connectivity index (χ3v) is 3.20. The van der Waals surface area contributed by atoms with E-state index >= 15 is 0 Å². The smallest absolute Gasteiger partial charge is 0.323 e. The molecule has 0 aliphatic carbocycles. The number of nitrogens with zero attached hydrogens (tertiary/aromatic N) is 4. The lowest BCUT2D eigenvalue weighted by atomic mass is 10.1. The summed E-state index contributed by atoms with van der Waals surface area (Å²) in [4.78, 5) is 14.7. The zero-order valence-corrected chi connectivity index (χ0v) is 11.1. The second kappa shape index (κ2) is 5.84. The van der Waals surface area contributed by atoms with Crippen LogP contribution < -0.4 is 15.4 Å². The van der Waals surface area contributed by atoms with Crippen molar-refractivity contribution in [2.24, 2.45) is 0 Å². The van der Waals surface area contributed by atoms with Crippen LogP contribution in [0.5, 0.6) is 6.01 Å². The van der Waals surface area contributed by atoms with Gasteiger partial charge in [0.05, 0.1) is 6.61 Å². The quantitative estimate of drug-likeness (QED) is 0.879. The number of aromatic nitrogens is 3. The van der Waals surface area contributed by atoms with Crippen molar-refractivity contribution >= 4 is 11.9 Å². The summed E-state index contributed by atoms with van der Waals surface area (Å²) in [6.45, 7) is 5.59. The molecule has 0 amide bonds. The molecule has 100 valence electrons. The van der Waals surface area contributed by atoms with Crippen LogP contribution in [0, 0.1) is 0 Å². The van der Waals surface area contributed by atoms with Crippen LogP contribution in [-0.4, -0.2) is 34.1 Å². The maximum Gasteiger partial charge on any atom is 0.323 e. The maximum absolute atomic E-state index is 5.71. The first-order valence-corrected chi connectivity index (χ1v) is 6.61. The molecule has 1 aliphatic heterocycles. The highest BCUT2D eigenvalue weighted by atomic mass is 16.5. The summed E-state index contributed by atoms with van der Waals surface area (Å²) in [6.07, 6.45) is 4.85. The topological polar surface area (TPSA) is 77.2 Å². The molecule has 0 spiro atoms. The van der Waals surface area contributed by atoms with Gasteiger partial charge in [-0.1, -0.05) is 12.8 Å². The van der Waals surface area contributed by atoms with Gasteiger partial charge in [-0.25, -0.2) is 0 Å². The molecule has 1 fully saturated rings. The Bertz CT molecular complexity index is 398. The Morgan fingerprint density at radius 3 is 2.89 bits per heavy atom. The Balaban J connectivity index is 2.24. The second-order valence-corrected chi connectivity index (χ2v) is 4.60. The molecule has 1 saturated heterocycles. The monoisotopic (exact) mass is 251 g/mol. The Labute approximate surface area is 108 Å². The van der Waals surface area contributed by atoms with E-state index in [9.17, 15) is 0 Å². The number of anilines is 2. The molecule has 1 atom stereocenters. The lowest BCUT2D eigenvalue weighted by Crippen LogP contribution is -2.34. The predicted octanol–water partition coefficient (Wildman–Crippen LogP) is 1.62. The van der Waals surface area contributed by atoms with Crippen molar-refractivity contribution in [1.82, 2.24) is 15.0 Å². The first kappa shape index (κ1) is 12.9. The van der Waals surface area contributed by atoms with E-state index in [0.717, 1.165) is 13.0 Å².